The summed E-state index contributed by atoms with van der Waals surface area (Å²) in [6, 6.07) is 23.7. The van der Waals surface area contributed by atoms with E-state index in [1.165, 1.54) is 0 Å². The summed E-state index contributed by atoms with van der Waals surface area (Å²) in [5.74, 6) is 1.49. The first-order valence-electron chi connectivity index (χ1n) is 8.79. The molecule has 0 spiro atoms. The van der Waals surface area contributed by atoms with Gasteiger partial charge in [0.15, 0.2) is 6.61 Å². The van der Waals surface area contributed by atoms with Gasteiger partial charge in [0, 0.05) is 0 Å². The first kappa shape index (κ1) is 19.6. The van der Waals surface area contributed by atoms with Crippen LogP contribution in [0.4, 0.5) is 5.69 Å². The lowest BCUT2D eigenvalue weighted by Gasteiger charge is -2.13. The highest BCUT2D eigenvalue weighted by atomic mass is 35.5. The molecule has 0 unspecified atom stereocenters. The maximum Gasteiger partial charge on any atom is 0.262 e. The van der Waals surface area contributed by atoms with Crippen molar-refractivity contribution in [3.63, 3.8) is 0 Å². The number of amides is 1. The van der Waals surface area contributed by atoms with Crippen LogP contribution in [-0.2, 0) is 4.79 Å². The minimum atomic E-state index is -0.309. The Bertz CT molecular complexity index is 902. The molecule has 0 aliphatic carbocycles. The Balaban J connectivity index is 1.49. The summed E-state index contributed by atoms with van der Waals surface area (Å²) in [6.07, 6.45) is 0. The number of anilines is 1. The van der Waals surface area contributed by atoms with E-state index in [4.69, 9.17) is 25.8 Å². The van der Waals surface area contributed by atoms with E-state index in [1.807, 2.05) is 42.5 Å². The van der Waals surface area contributed by atoms with Crippen LogP contribution in [-0.4, -0.2) is 25.7 Å². The maximum absolute atomic E-state index is 12.2. The monoisotopic (exact) mass is 397 g/mol. The van der Waals surface area contributed by atoms with Crippen LogP contribution < -0.4 is 19.5 Å². The molecule has 3 aromatic carbocycles. The molecule has 0 heterocycles. The number of hydrogen-bond acceptors (Lipinski definition) is 4. The van der Waals surface area contributed by atoms with Crippen LogP contribution in [0.25, 0.3) is 0 Å². The average Bonchev–Trinajstić information content (AvgIpc) is 2.72. The van der Waals surface area contributed by atoms with Crippen LogP contribution in [0.5, 0.6) is 17.2 Å². The van der Waals surface area contributed by atoms with E-state index in [2.05, 4.69) is 5.32 Å². The molecule has 0 aliphatic heterocycles. The summed E-state index contributed by atoms with van der Waals surface area (Å²) in [6.45, 7) is 0.578. The van der Waals surface area contributed by atoms with Crippen molar-refractivity contribution in [2.24, 2.45) is 0 Å². The van der Waals surface area contributed by atoms with E-state index >= 15 is 0 Å². The molecule has 6 heteroatoms. The molecule has 0 saturated carbocycles. The van der Waals surface area contributed by atoms with Gasteiger partial charge in [-0.2, -0.15) is 0 Å². The summed E-state index contributed by atoms with van der Waals surface area (Å²) in [5, 5.41) is 3.24. The summed E-state index contributed by atoms with van der Waals surface area (Å²) in [7, 11) is 0. The Morgan fingerprint density at radius 3 is 2.18 bits per heavy atom. The zero-order valence-corrected chi connectivity index (χ0v) is 15.9. The number of carbonyl (C=O) groups excluding carboxylic acids is 1. The average molecular weight is 398 g/mol. The van der Waals surface area contributed by atoms with Gasteiger partial charge in [-0.25, -0.2) is 0 Å². The van der Waals surface area contributed by atoms with Gasteiger partial charge in [0.25, 0.3) is 5.91 Å². The molecule has 1 amide bonds. The first-order chi connectivity index (χ1) is 13.7. The second kappa shape index (κ2) is 10.2. The minimum absolute atomic E-state index is 0.158. The SMILES string of the molecule is O=C(COc1ccccc1Cl)Nc1ccccc1OCCOc1ccccc1. The van der Waals surface area contributed by atoms with Crippen LogP contribution >= 0.6 is 11.6 Å². The van der Waals surface area contributed by atoms with Crippen LogP contribution in [0.15, 0.2) is 78.9 Å². The number of ether oxygens (including phenoxy) is 3. The third kappa shape index (κ3) is 5.93. The highest BCUT2D eigenvalue weighted by molar-refractivity contribution is 6.32. The molecule has 0 saturated heterocycles. The number of para-hydroxylation sites is 4. The molecule has 0 aliphatic rings. The smallest absolute Gasteiger partial charge is 0.262 e. The zero-order chi connectivity index (χ0) is 19.6. The van der Waals surface area contributed by atoms with E-state index in [0.717, 1.165) is 5.75 Å². The van der Waals surface area contributed by atoms with Crippen molar-refractivity contribution in [2.45, 2.75) is 0 Å². The van der Waals surface area contributed by atoms with Gasteiger partial charge in [-0.1, -0.05) is 54.1 Å². The van der Waals surface area contributed by atoms with E-state index in [9.17, 15) is 4.79 Å². The fourth-order valence-corrected chi connectivity index (χ4v) is 2.61. The summed E-state index contributed by atoms with van der Waals surface area (Å²) >= 11 is 6.02. The molecule has 5 nitrogen and oxygen atoms in total. The van der Waals surface area contributed by atoms with Gasteiger partial charge >= 0.3 is 0 Å². The van der Waals surface area contributed by atoms with Crippen LogP contribution in [0, 0.1) is 0 Å². The molecule has 1 N–H and O–H groups in total. The number of halogens is 1. The quantitative estimate of drug-likeness (QED) is 0.526. The van der Waals surface area contributed by atoms with Crippen LogP contribution in [0.1, 0.15) is 0 Å². The Hall–Kier alpha value is -3.18. The summed E-state index contributed by atoms with van der Waals surface area (Å²) in [4.78, 5) is 12.2. The van der Waals surface area contributed by atoms with Crippen molar-refractivity contribution in [3.8, 4) is 17.2 Å². The lowest BCUT2D eigenvalue weighted by atomic mass is 10.3. The molecule has 28 heavy (non-hydrogen) atoms. The molecule has 3 rings (SSSR count). The molecular weight excluding hydrogens is 378 g/mol. The molecule has 0 atom stereocenters. The van der Waals surface area contributed by atoms with Crippen molar-refractivity contribution < 1.29 is 19.0 Å². The number of benzene rings is 3. The minimum Gasteiger partial charge on any atom is -0.490 e. The number of nitrogens with one attached hydrogen (secondary N) is 1. The van der Waals surface area contributed by atoms with Gasteiger partial charge in [0.2, 0.25) is 0 Å². The predicted molar refractivity (Wildman–Crippen MR) is 109 cm³/mol. The van der Waals surface area contributed by atoms with Gasteiger partial charge in [-0.05, 0) is 36.4 Å². The van der Waals surface area contributed by atoms with Crippen molar-refractivity contribution >= 4 is 23.2 Å². The number of hydrogen-bond donors (Lipinski definition) is 1. The molecule has 0 bridgehead atoms. The molecule has 0 radical (unpaired) electrons. The van der Waals surface area contributed by atoms with Gasteiger partial charge in [0.05, 0.1) is 10.7 Å². The third-order valence-electron chi connectivity index (χ3n) is 3.71. The van der Waals surface area contributed by atoms with Gasteiger partial charge < -0.3 is 19.5 Å². The highest BCUT2D eigenvalue weighted by Crippen LogP contribution is 2.25. The largest absolute Gasteiger partial charge is 0.490 e. The lowest BCUT2D eigenvalue weighted by molar-refractivity contribution is -0.118. The first-order valence-corrected chi connectivity index (χ1v) is 9.17. The molecule has 144 valence electrons. The lowest BCUT2D eigenvalue weighted by Crippen LogP contribution is -2.21. The normalized spacial score (nSPS) is 10.2. The van der Waals surface area contributed by atoms with Gasteiger partial charge in [-0.3, -0.25) is 4.79 Å². The maximum atomic E-state index is 12.2. The highest BCUT2D eigenvalue weighted by Gasteiger charge is 2.09. The van der Waals surface area contributed by atoms with E-state index < -0.39 is 0 Å². The van der Waals surface area contributed by atoms with Crippen LogP contribution in [0.3, 0.4) is 0 Å². The van der Waals surface area contributed by atoms with E-state index in [1.54, 1.807) is 36.4 Å². The van der Waals surface area contributed by atoms with E-state index in [0.29, 0.717) is 35.4 Å². The topological polar surface area (TPSA) is 56.8 Å². The second-order valence-electron chi connectivity index (χ2n) is 5.77. The fourth-order valence-electron chi connectivity index (χ4n) is 2.42. The van der Waals surface area contributed by atoms with Crippen LogP contribution in [0.2, 0.25) is 5.02 Å². The fraction of sp³-hybridized carbons (Fsp3) is 0.136. The zero-order valence-electron chi connectivity index (χ0n) is 15.1. The summed E-state index contributed by atoms with van der Waals surface area (Å²) in [5.41, 5.74) is 0.565. The standard InChI is InChI=1S/C22H20ClNO4/c23-18-10-4-6-12-20(18)28-16-22(25)24-19-11-5-7-13-21(19)27-15-14-26-17-8-2-1-3-9-17/h1-13H,14-16H2,(H,24,25). The van der Waals surface area contributed by atoms with Crippen molar-refractivity contribution in [2.75, 3.05) is 25.1 Å². The van der Waals surface area contributed by atoms with Crippen molar-refractivity contribution in [3.05, 3.63) is 83.9 Å². The van der Waals surface area contributed by atoms with Gasteiger partial charge in [-0.15, -0.1) is 0 Å². The molecule has 0 aromatic heterocycles. The number of carbonyl (C=O) groups is 1. The summed E-state index contributed by atoms with van der Waals surface area (Å²) < 4.78 is 16.8. The molecule has 3 aromatic rings. The molecular formula is C22H20ClNO4. The van der Waals surface area contributed by atoms with Gasteiger partial charge in [0.1, 0.15) is 30.5 Å². The Kier molecular flexibility index (Phi) is 7.15. The second-order valence-corrected chi connectivity index (χ2v) is 6.18. The van der Waals surface area contributed by atoms with E-state index in [-0.39, 0.29) is 12.5 Å². The van der Waals surface area contributed by atoms with Crippen molar-refractivity contribution in [1.82, 2.24) is 0 Å². The number of rotatable bonds is 9. The third-order valence-corrected chi connectivity index (χ3v) is 4.02. The Labute approximate surface area is 168 Å². The van der Waals surface area contributed by atoms with Crippen molar-refractivity contribution in [1.29, 1.82) is 0 Å². The molecule has 0 fully saturated rings. The Morgan fingerprint density at radius 2 is 1.39 bits per heavy atom. The predicted octanol–water partition coefficient (Wildman–Crippen LogP) is 4.82. The Morgan fingerprint density at radius 1 is 0.750 bits per heavy atom.